The molecule has 0 heterocycles. The second-order valence-electron chi connectivity index (χ2n) is 4.90. The fourth-order valence-electron chi connectivity index (χ4n) is 1.64. The highest BCUT2D eigenvalue weighted by molar-refractivity contribution is 5.64. The van der Waals surface area contributed by atoms with Gasteiger partial charge in [-0.2, -0.15) is 0 Å². The summed E-state index contributed by atoms with van der Waals surface area (Å²) in [6.45, 7) is 3.28. The van der Waals surface area contributed by atoms with Crippen molar-refractivity contribution in [2.75, 3.05) is 0 Å². The summed E-state index contributed by atoms with van der Waals surface area (Å²) in [6.07, 6.45) is 0. The first-order valence-corrected chi connectivity index (χ1v) is 6.06. The van der Waals surface area contributed by atoms with Crippen LogP contribution in [0.2, 0.25) is 0 Å². The molecule has 0 aliphatic rings. The molecule has 96 valence electrons. The van der Waals surface area contributed by atoms with Crippen LogP contribution in [0, 0.1) is 17.7 Å². The van der Waals surface area contributed by atoms with Gasteiger partial charge in [0.1, 0.15) is 11.4 Å². The van der Waals surface area contributed by atoms with E-state index in [2.05, 4.69) is 11.8 Å². The second kappa shape index (κ2) is 5.26. The Morgan fingerprint density at radius 3 is 2.26 bits per heavy atom. The molecule has 0 atom stereocenters. The Kier molecular flexibility index (Phi) is 3.69. The van der Waals surface area contributed by atoms with Crippen LogP contribution in [0.4, 0.5) is 4.39 Å². The first kappa shape index (κ1) is 13.3. The Bertz CT molecular complexity index is 625. The highest BCUT2D eigenvalue weighted by atomic mass is 19.1. The van der Waals surface area contributed by atoms with Crippen molar-refractivity contribution in [1.29, 1.82) is 0 Å². The molecule has 0 saturated carbocycles. The van der Waals surface area contributed by atoms with Crippen LogP contribution in [-0.2, 0) is 0 Å². The van der Waals surface area contributed by atoms with E-state index in [1.54, 1.807) is 19.9 Å². The third-order valence-electron chi connectivity index (χ3n) is 2.56. The molecule has 19 heavy (non-hydrogen) atoms. The summed E-state index contributed by atoms with van der Waals surface area (Å²) in [7, 11) is 0. The number of rotatable bonds is 1. The van der Waals surface area contributed by atoms with Crippen molar-refractivity contribution in [3.05, 3.63) is 59.9 Å². The van der Waals surface area contributed by atoms with Crippen molar-refractivity contribution in [3.63, 3.8) is 0 Å². The van der Waals surface area contributed by atoms with Gasteiger partial charge in [0.25, 0.3) is 0 Å². The molecule has 0 bridgehead atoms. The van der Waals surface area contributed by atoms with Crippen LogP contribution >= 0.6 is 0 Å². The molecule has 0 aromatic heterocycles. The van der Waals surface area contributed by atoms with Crippen LogP contribution in [0.3, 0.4) is 0 Å². The van der Waals surface area contributed by atoms with E-state index in [0.29, 0.717) is 0 Å². The fraction of sp³-hybridized carbons (Fsp3) is 0.176. The van der Waals surface area contributed by atoms with Crippen LogP contribution in [0.5, 0.6) is 0 Å². The Morgan fingerprint density at radius 1 is 1.00 bits per heavy atom. The Morgan fingerprint density at radius 2 is 1.68 bits per heavy atom. The van der Waals surface area contributed by atoms with Crippen molar-refractivity contribution in [2.45, 2.75) is 19.4 Å². The molecular formula is C17H15FO. The minimum atomic E-state index is -0.999. The van der Waals surface area contributed by atoms with Crippen LogP contribution in [-0.4, -0.2) is 10.7 Å². The van der Waals surface area contributed by atoms with E-state index in [1.807, 2.05) is 30.3 Å². The van der Waals surface area contributed by atoms with Crippen molar-refractivity contribution in [1.82, 2.24) is 0 Å². The summed E-state index contributed by atoms with van der Waals surface area (Å²) >= 11 is 0. The summed E-state index contributed by atoms with van der Waals surface area (Å²) in [5, 5.41) is 9.53. The second-order valence-corrected chi connectivity index (χ2v) is 4.90. The maximum atomic E-state index is 13.1. The number of hydrogen-bond donors (Lipinski definition) is 1. The molecule has 0 aliphatic heterocycles. The minimum Gasteiger partial charge on any atom is -0.378 e. The van der Waals surface area contributed by atoms with E-state index in [-0.39, 0.29) is 5.82 Å². The molecule has 0 spiro atoms. The lowest BCUT2D eigenvalue weighted by Gasteiger charge is -2.06. The number of hydrogen-bond acceptors (Lipinski definition) is 1. The van der Waals surface area contributed by atoms with Crippen molar-refractivity contribution >= 4 is 0 Å². The summed E-state index contributed by atoms with van der Waals surface area (Å²) < 4.78 is 13.1. The predicted molar refractivity (Wildman–Crippen MR) is 75.0 cm³/mol. The largest absolute Gasteiger partial charge is 0.378 e. The van der Waals surface area contributed by atoms with Crippen LogP contribution in [0.1, 0.15) is 19.4 Å². The van der Waals surface area contributed by atoms with E-state index >= 15 is 0 Å². The molecule has 0 fully saturated rings. The van der Waals surface area contributed by atoms with Gasteiger partial charge in [-0.15, -0.1) is 0 Å². The lowest BCUT2D eigenvalue weighted by atomic mass is 10.0. The van der Waals surface area contributed by atoms with E-state index < -0.39 is 5.60 Å². The van der Waals surface area contributed by atoms with Crippen molar-refractivity contribution < 1.29 is 9.50 Å². The minimum absolute atomic E-state index is 0.247. The summed E-state index contributed by atoms with van der Waals surface area (Å²) in [5.74, 6) is 5.41. The molecule has 0 aliphatic carbocycles. The van der Waals surface area contributed by atoms with Gasteiger partial charge < -0.3 is 5.11 Å². The average Bonchev–Trinajstić information content (AvgIpc) is 2.36. The van der Waals surface area contributed by atoms with Gasteiger partial charge in [0.15, 0.2) is 0 Å². The third-order valence-corrected chi connectivity index (χ3v) is 2.56. The third kappa shape index (κ3) is 3.94. The molecule has 1 N–H and O–H groups in total. The van der Waals surface area contributed by atoms with Gasteiger partial charge in [-0.05, 0) is 49.2 Å². The van der Waals surface area contributed by atoms with Crippen LogP contribution in [0.15, 0.2) is 48.5 Å². The van der Waals surface area contributed by atoms with Crippen LogP contribution in [0.25, 0.3) is 11.1 Å². The summed E-state index contributed by atoms with van der Waals surface area (Å²) in [5.41, 5.74) is 1.60. The van der Waals surface area contributed by atoms with Gasteiger partial charge in [-0.3, -0.25) is 0 Å². The van der Waals surface area contributed by atoms with Crippen molar-refractivity contribution in [3.8, 4) is 23.0 Å². The lowest BCUT2D eigenvalue weighted by Crippen LogP contribution is -2.14. The molecule has 0 saturated heterocycles. The SMILES string of the molecule is CC(C)(O)C#Cc1ccc(-c2cccc(F)c2)cc1. The molecule has 0 radical (unpaired) electrons. The quantitative estimate of drug-likeness (QED) is 0.771. The number of aliphatic hydroxyl groups is 1. The van der Waals surface area contributed by atoms with Crippen molar-refractivity contribution in [2.24, 2.45) is 0 Å². The van der Waals surface area contributed by atoms with Gasteiger partial charge in [0, 0.05) is 5.56 Å². The maximum Gasteiger partial charge on any atom is 0.123 e. The fourth-order valence-corrected chi connectivity index (χ4v) is 1.64. The van der Waals surface area contributed by atoms with Crippen LogP contribution < -0.4 is 0 Å². The van der Waals surface area contributed by atoms with Gasteiger partial charge in [0.05, 0.1) is 0 Å². The standard InChI is InChI=1S/C17H15FO/c1-17(2,19)11-10-13-6-8-14(9-7-13)15-4-3-5-16(18)12-15/h3-9,12,19H,1-2H3. The predicted octanol–water partition coefficient (Wildman–Crippen LogP) is 3.62. The highest BCUT2D eigenvalue weighted by Gasteiger charge is 2.05. The van der Waals surface area contributed by atoms with E-state index in [4.69, 9.17) is 0 Å². The average molecular weight is 254 g/mol. The highest BCUT2D eigenvalue weighted by Crippen LogP contribution is 2.20. The first-order chi connectivity index (χ1) is 8.94. The molecule has 1 nitrogen and oxygen atoms in total. The molecule has 0 amide bonds. The molecule has 0 unspecified atom stereocenters. The Labute approximate surface area is 112 Å². The zero-order chi connectivity index (χ0) is 13.9. The Hall–Kier alpha value is -2.11. The first-order valence-electron chi connectivity index (χ1n) is 6.06. The molecule has 2 rings (SSSR count). The van der Waals surface area contributed by atoms with Gasteiger partial charge in [-0.25, -0.2) is 4.39 Å². The monoisotopic (exact) mass is 254 g/mol. The number of benzene rings is 2. The van der Waals surface area contributed by atoms with E-state index in [0.717, 1.165) is 16.7 Å². The Balaban J connectivity index is 2.26. The summed E-state index contributed by atoms with van der Waals surface area (Å²) in [4.78, 5) is 0. The molecule has 2 heteroatoms. The number of halogens is 1. The van der Waals surface area contributed by atoms with E-state index in [9.17, 15) is 9.50 Å². The zero-order valence-corrected chi connectivity index (χ0v) is 10.9. The van der Waals surface area contributed by atoms with E-state index in [1.165, 1.54) is 12.1 Å². The molecule has 2 aromatic rings. The zero-order valence-electron chi connectivity index (χ0n) is 10.9. The topological polar surface area (TPSA) is 20.2 Å². The molecular weight excluding hydrogens is 239 g/mol. The van der Waals surface area contributed by atoms with Gasteiger partial charge in [0.2, 0.25) is 0 Å². The van der Waals surface area contributed by atoms with Gasteiger partial charge in [-0.1, -0.05) is 36.1 Å². The van der Waals surface area contributed by atoms with Gasteiger partial charge >= 0.3 is 0 Å². The maximum absolute atomic E-state index is 13.1. The molecule has 2 aromatic carbocycles. The summed E-state index contributed by atoms with van der Waals surface area (Å²) in [6, 6.07) is 14.0. The lowest BCUT2D eigenvalue weighted by molar-refractivity contribution is 0.143. The smallest absolute Gasteiger partial charge is 0.123 e. The normalized spacial score (nSPS) is 10.7.